The van der Waals surface area contributed by atoms with Crippen molar-refractivity contribution in [1.82, 2.24) is 42.1 Å². The molecule has 0 saturated carbocycles. The number of unbranched alkanes of at least 4 members (excludes halogenated alkanes) is 8. The number of phenols is 1. The first-order chi connectivity index (χ1) is 36.0. The highest BCUT2D eigenvalue weighted by atomic mass is 16.4. The number of nitrogens with two attached hydrogens (primary N) is 2. The number of benzene rings is 1. The minimum Gasteiger partial charge on any atom is -0.508 e. The molecular formula is C51H80N10O15. The van der Waals surface area contributed by atoms with Crippen LogP contribution < -0.4 is 48.7 Å². The fourth-order valence-electron chi connectivity index (χ4n) is 9.04. The Morgan fingerprint density at radius 1 is 0.632 bits per heavy atom. The van der Waals surface area contributed by atoms with Crippen LogP contribution in [0.4, 0.5) is 0 Å². The summed E-state index contributed by atoms with van der Waals surface area (Å²) in [7, 11) is 0. The van der Waals surface area contributed by atoms with E-state index < -0.39 is 158 Å². The number of primary amides is 2. The maximum atomic E-state index is 14.3. The van der Waals surface area contributed by atoms with Crippen molar-refractivity contribution >= 4 is 65.0 Å². The fourth-order valence-corrected chi connectivity index (χ4v) is 9.04. The second-order valence-corrected chi connectivity index (χ2v) is 20.2. The number of carbonyl (C=O) groups excluding carboxylic acids is 10. The van der Waals surface area contributed by atoms with Gasteiger partial charge in [-0.1, -0.05) is 90.2 Å². The van der Waals surface area contributed by atoms with Crippen molar-refractivity contribution < 1.29 is 73.2 Å². The van der Waals surface area contributed by atoms with Gasteiger partial charge in [-0.15, -0.1) is 0 Å². The molecule has 76 heavy (non-hydrogen) atoms. The van der Waals surface area contributed by atoms with E-state index in [-0.39, 0.29) is 38.0 Å². The summed E-state index contributed by atoms with van der Waals surface area (Å²) in [4.78, 5) is 149. The van der Waals surface area contributed by atoms with Crippen LogP contribution in [0.5, 0.6) is 5.75 Å². The maximum absolute atomic E-state index is 14.3. The highest BCUT2D eigenvalue weighted by Gasteiger charge is 2.41. The van der Waals surface area contributed by atoms with Gasteiger partial charge in [0.15, 0.2) is 0 Å². The van der Waals surface area contributed by atoms with Crippen LogP contribution in [0.2, 0.25) is 0 Å². The summed E-state index contributed by atoms with van der Waals surface area (Å²) >= 11 is 0. The zero-order valence-corrected chi connectivity index (χ0v) is 43.8. The number of carbonyl (C=O) groups is 11. The molecule has 9 unspecified atom stereocenters. The third kappa shape index (κ3) is 22.5. The molecule has 9 atom stereocenters. The number of fused-ring (bicyclic) bond motifs is 1. The van der Waals surface area contributed by atoms with Crippen molar-refractivity contribution in [3.63, 3.8) is 0 Å². The van der Waals surface area contributed by atoms with E-state index >= 15 is 0 Å². The summed E-state index contributed by atoms with van der Waals surface area (Å²) in [6.45, 7) is 4.38. The number of aliphatic carboxylic acids is 1. The molecule has 15 N–H and O–H groups in total. The number of hydrogen-bond donors (Lipinski definition) is 13. The van der Waals surface area contributed by atoms with Crippen LogP contribution in [0.25, 0.3) is 0 Å². The van der Waals surface area contributed by atoms with Crippen LogP contribution in [-0.4, -0.2) is 158 Å². The summed E-state index contributed by atoms with van der Waals surface area (Å²) in [5.41, 5.74) is 11.4. The molecule has 1 aromatic rings. The first-order valence-corrected chi connectivity index (χ1v) is 26.3. The molecule has 2 saturated heterocycles. The molecular weight excluding hydrogens is 993 g/mol. The Kier molecular flexibility index (Phi) is 27.1. The van der Waals surface area contributed by atoms with Gasteiger partial charge in [-0.2, -0.15) is 0 Å². The largest absolute Gasteiger partial charge is 0.508 e. The quantitative estimate of drug-likeness (QED) is 0.0564. The van der Waals surface area contributed by atoms with E-state index in [1.165, 1.54) is 44.0 Å². The van der Waals surface area contributed by atoms with Gasteiger partial charge in [0.25, 0.3) is 0 Å². The van der Waals surface area contributed by atoms with Gasteiger partial charge in [-0.3, -0.25) is 52.7 Å². The normalized spacial score (nSPS) is 24.3. The second kappa shape index (κ2) is 32.5. The van der Waals surface area contributed by atoms with Gasteiger partial charge in [0.1, 0.15) is 48.0 Å². The van der Waals surface area contributed by atoms with Gasteiger partial charge in [0.05, 0.1) is 25.6 Å². The van der Waals surface area contributed by atoms with Crippen molar-refractivity contribution in [2.45, 2.75) is 197 Å². The van der Waals surface area contributed by atoms with Crippen LogP contribution in [0.15, 0.2) is 24.3 Å². The average Bonchev–Trinajstić information content (AvgIpc) is 3.84. The van der Waals surface area contributed by atoms with E-state index in [0.717, 1.165) is 43.4 Å². The minimum atomic E-state index is -1.84. The lowest BCUT2D eigenvalue weighted by atomic mass is 10.0. The van der Waals surface area contributed by atoms with Gasteiger partial charge >= 0.3 is 5.97 Å². The molecule has 25 heteroatoms. The first-order valence-electron chi connectivity index (χ1n) is 26.3. The molecule has 25 nitrogen and oxygen atoms in total. The van der Waals surface area contributed by atoms with E-state index in [0.29, 0.717) is 24.3 Å². The Bertz CT molecular complexity index is 2160. The van der Waals surface area contributed by atoms with Gasteiger partial charge in [-0.05, 0) is 56.2 Å². The predicted molar refractivity (Wildman–Crippen MR) is 274 cm³/mol. The van der Waals surface area contributed by atoms with Gasteiger partial charge in [0.2, 0.25) is 59.1 Å². The Morgan fingerprint density at radius 2 is 1.16 bits per heavy atom. The number of nitrogens with one attached hydrogen (secondary N) is 7. The summed E-state index contributed by atoms with van der Waals surface area (Å²) in [6, 6.07) is -7.32. The van der Waals surface area contributed by atoms with Crippen LogP contribution in [0.3, 0.4) is 0 Å². The topological polar surface area (TPSA) is 408 Å². The van der Waals surface area contributed by atoms with E-state index in [1.807, 2.05) is 0 Å². The molecule has 2 heterocycles. The van der Waals surface area contributed by atoms with Crippen LogP contribution >= 0.6 is 0 Å². The predicted octanol–water partition coefficient (Wildman–Crippen LogP) is -1.34. The lowest BCUT2D eigenvalue weighted by Crippen LogP contribution is -2.61. The number of aliphatic hydroxyl groups excluding tert-OH is 2. The zero-order valence-electron chi connectivity index (χ0n) is 43.8. The monoisotopic (exact) mass is 1070 g/mol. The number of carboxylic acid groups (broad SMARTS) is 1. The van der Waals surface area contributed by atoms with Crippen molar-refractivity contribution in [2.24, 2.45) is 17.4 Å². The summed E-state index contributed by atoms with van der Waals surface area (Å²) < 4.78 is 0. The molecule has 0 aromatic heterocycles. The third-order valence-corrected chi connectivity index (χ3v) is 13.2. The Balaban J connectivity index is 2.07. The molecule has 1 aromatic carbocycles. The minimum absolute atomic E-state index is 0.0151. The molecule has 2 fully saturated rings. The summed E-state index contributed by atoms with van der Waals surface area (Å²) in [5, 5.41) is 57.5. The summed E-state index contributed by atoms with van der Waals surface area (Å²) in [6.07, 6.45) is 4.85. The van der Waals surface area contributed by atoms with Crippen molar-refractivity contribution in [1.29, 1.82) is 0 Å². The lowest BCUT2D eigenvalue weighted by molar-refractivity contribution is -0.143. The van der Waals surface area contributed by atoms with Crippen molar-refractivity contribution in [3.05, 3.63) is 29.8 Å². The van der Waals surface area contributed by atoms with Crippen molar-refractivity contribution in [3.8, 4) is 5.75 Å². The van der Waals surface area contributed by atoms with E-state index in [9.17, 15) is 73.2 Å². The number of carboxylic acids is 1. The molecule has 3 rings (SSSR count). The molecule has 424 valence electrons. The maximum Gasteiger partial charge on any atom is 0.303 e. The molecule has 2 aliphatic rings. The van der Waals surface area contributed by atoms with Crippen LogP contribution in [0, 0.1) is 5.92 Å². The highest BCUT2D eigenvalue weighted by molar-refractivity contribution is 6.00. The third-order valence-electron chi connectivity index (χ3n) is 13.2. The number of amides is 10. The summed E-state index contributed by atoms with van der Waals surface area (Å²) in [5.74, 6) is -11.3. The molecule has 0 bridgehead atoms. The number of aliphatic hydroxyl groups is 2. The van der Waals surface area contributed by atoms with Crippen LogP contribution in [0.1, 0.15) is 142 Å². The molecule has 0 radical (unpaired) electrons. The lowest BCUT2D eigenvalue weighted by Gasteiger charge is -2.30. The highest BCUT2D eigenvalue weighted by Crippen LogP contribution is 2.21. The van der Waals surface area contributed by atoms with Crippen LogP contribution in [-0.2, 0) is 59.2 Å². The van der Waals surface area contributed by atoms with Crippen molar-refractivity contribution in [2.75, 3.05) is 13.2 Å². The number of aromatic hydroxyl groups is 1. The number of hydrogen-bond acceptors (Lipinski definition) is 14. The Labute approximate surface area is 442 Å². The van der Waals surface area contributed by atoms with E-state index in [1.54, 1.807) is 0 Å². The first kappa shape index (κ1) is 63.4. The van der Waals surface area contributed by atoms with Gasteiger partial charge in [-0.25, -0.2) is 0 Å². The molecule has 10 amide bonds. The van der Waals surface area contributed by atoms with E-state index in [4.69, 9.17) is 11.5 Å². The molecule has 0 aliphatic carbocycles. The average molecular weight is 1070 g/mol. The molecule has 0 spiro atoms. The smallest absolute Gasteiger partial charge is 0.303 e. The number of phenolic OH excluding ortho intramolecular Hbond substituents is 1. The zero-order chi connectivity index (χ0) is 56.5. The number of nitrogens with zero attached hydrogens (tertiary/aromatic N) is 1. The van der Waals surface area contributed by atoms with Gasteiger partial charge in [0, 0.05) is 31.8 Å². The Morgan fingerprint density at radius 3 is 1.74 bits per heavy atom. The SMILES string of the molecule is CC(C)CCCCCCCCCCCC1CC(=O)NC(CC(N)=O)C(=O)NC(Cc2ccc(O)cc2)C(=O)NC(CC(N)=O)C(=O)N2CCCC2C(=O)NC(CCC(=O)O)C(=O)NC(CO)C(=O)NC(C(C)O)C(=O)N1. The fraction of sp³-hybridized carbons (Fsp3) is 0.667. The molecule has 2 aliphatic heterocycles. The second-order valence-electron chi connectivity index (χ2n) is 20.2. The number of rotatable bonds is 23. The Hall–Kier alpha value is -6.89. The van der Waals surface area contributed by atoms with Gasteiger partial charge < -0.3 is 74.0 Å². The standard InChI is InChI=1S/C51H80N10O15/c1-29(2)14-11-9-7-5-4-6-8-10-12-15-32-25-42(67)55-36(26-40(52)65)47(72)57-35(24-31-17-19-33(64)20-18-31)46(71)58-37(27-41(53)66)51(76)61-23-13-16-39(61)49(74)56-34(21-22-43(68)69)45(70)59-38(28-62)48(73)60-44(30(3)63)50(75)54-32/h17-20,29-30,32,34-39,44,62-64H,4-16,21-28H2,1-3H3,(H2,52,65)(H2,53,66)(H,54,75)(H,55,67)(H,56,74)(H,57,72)(H,58,71)(H,59,70)(H,60,73)(H,68,69). The van der Waals surface area contributed by atoms with E-state index in [2.05, 4.69) is 51.1 Å².